The largest absolute Gasteiger partial charge is 0.334 e. The van der Waals surface area contributed by atoms with E-state index in [2.05, 4.69) is 15.5 Å². The van der Waals surface area contributed by atoms with Crippen molar-refractivity contribution < 1.29 is 9.72 Å². The molecule has 1 aromatic rings. The standard InChI is InChI=1S/C18H26N4O3/c1-18(2,14-5-7-16(8-6-14)22(24)25)20-17(23)19-15-9-10-21(12-15)11-13-3-4-13/h5-8,13,15H,3-4,9-12H2,1-2H3,(H2,19,20,23)/t15-/m0/s1. The van der Waals surface area contributed by atoms with Crippen LogP contribution in [0.2, 0.25) is 0 Å². The third-order valence-electron chi connectivity index (χ3n) is 5.05. The predicted molar refractivity (Wildman–Crippen MR) is 95.4 cm³/mol. The Hall–Kier alpha value is -2.15. The molecule has 1 aromatic carbocycles. The van der Waals surface area contributed by atoms with Crippen LogP contribution in [-0.4, -0.2) is 41.5 Å². The van der Waals surface area contributed by atoms with Crippen LogP contribution in [0.15, 0.2) is 24.3 Å². The Balaban J connectivity index is 1.51. The van der Waals surface area contributed by atoms with Crippen LogP contribution in [-0.2, 0) is 5.54 Å². The van der Waals surface area contributed by atoms with E-state index in [0.29, 0.717) is 0 Å². The van der Waals surface area contributed by atoms with Crippen molar-refractivity contribution >= 4 is 11.7 Å². The number of hydrogen-bond acceptors (Lipinski definition) is 4. The third-order valence-corrected chi connectivity index (χ3v) is 5.05. The van der Waals surface area contributed by atoms with Gasteiger partial charge in [0, 0.05) is 37.8 Å². The summed E-state index contributed by atoms with van der Waals surface area (Å²) in [6, 6.07) is 6.29. The van der Waals surface area contributed by atoms with Crippen molar-refractivity contribution in [2.24, 2.45) is 5.92 Å². The maximum Gasteiger partial charge on any atom is 0.315 e. The Morgan fingerprint density at radius 3 is 2.56 bits per heavy atom. The molecular formula is C18H26N4O3. The molecule has 0 radical (unpaired) electrons. The molecule has 1 aliphatic carbocycles. The highest BCUT2D eigenvalue weighted by Crippen LogP contribution is 2.30. The smallest absolute Gasteiger partial charge is 0.315 e. The summed E-state index contributed by atoms with van der Waals surface area (Å²) >= 11 is 0. The number of nitro benzene ring substituents is 1. The van der Waals surface area contributed by atoms with E-state index < -0.39 is 10.5 Å². The van der Waals surface area contributed by atoms with Crippen molar-refractivity contribution in [1.29, 1.82) is 0 Å². The zero-order valence-corrected chi connectivity index (χ0v) is 14.8. The Morgan fingerprint density at radius 2 is 1.96 bits per heavy atom. The zero-order valence-electron chi connectivity index (χ0n) is 14.8. The van der Waals surface area contributed by atoms with Crippen LogP contribution >= 0.6 is 0 Å². The molecule has 1 atom stereocenters. The van der Waals surface area contributed by atoms with Gasteiger partial charge in [0.25, 0.3) is 5.69 Å². The molecule has 0 unspecified atom stereocenters. The second kappa shape index (κ2) is 7.00. The lowest BCUT2D eigenvalue weighted by Gasteiger charge is -2.28. The molecule has 3 rings (SSSR count). The average molecular weight is 346 g/mol. The molecule has 2 N–H and O–H groups in total. The van der Waals surface area contributed by atoms with Crippen molar-refractivity contribution in [1.82, 2.24) is 15.5 Å². The first-order valence-electron chi connectivity index (χ1n) is 8.89. The number of nitrogens with one attached hydrogen (secondary N) is 2. The van der Waals surface area contributed by atoms with Gasteiger partial charge in [0.2, 0.25) is 0 Å². The van der Waals surface area contributed by atoms with E-state index in [4.69, 9.17) is 0 Å². The van der Waals surface area contributed by atoms with Crippen LogP contribution in [0.1, 0.15) is 38.7 Å². The molecule has 2 aliphatic rings. The Labute approximate surface area is 147 Å². The van der Waals surface area contributed by atoms with Gasteiger partial charge in [-0.1, -0.05) is 0 Å². The molecule has 2 fully saturated rings. The second-order valence-electron chi connectivity index (χ2n) is 7.72. The molecule has 136 valence electrons. The Bertz CT molecular complexity index is 640. The van der Waals surface area contributed by atoms with Crippen LogP contribution in [0.25, 0.3) is 0 Å². The van der Waals surface area contributed by atoms with E-state index in [-0.39, 0.29) is 17.8 Å². The Kier molecular flexibility index (Phi) is 4.94. The highest BCUT2D eigenvalue weighted by Gasteiger charge is 2.31. The van der Waals surface area contributed by atoms with Crippen LogP contribution in [0.3, 0.4) is 0 Å². The minimum absolute atomic E-state index is 0.0470. The first-order valence-corrected chi connectivity index (χ1v) is 8.89. The monoisotopic (exact) mass is 346 g/mol. The van der Waals surface area contributed by atoms with Gasteiger partial charge in [-0.15, -0.1) is 0 Å². The van der Waals surface area contributed by atoms with Gasteiger partial charge in [-0.25, -0.2) is 4.79 Å². The van der Waals surface area contributed by atoms with Gasteiger partial charge in [0.15, 0.2) is 0 Å². The number of non-ortho nitro benzene ring substituents is 1. The fraction of sp³-hybridized carbons (Fsp3) is 0.611. The third kappa shape index (κ3) is 4.69. The highest BCUT2D eigenvalue weighted by molar-refractivity contribution is 5.75. The molecule has 1 saturated carbocycles. The van der Waals surface area contributed by atoms with Gasteiger partial charge in [-0.2, -0.15) is 0 Å². The molecule has 7 nitrogen and oxygen atoms in total. The first-order chi connectivity index (χ1) is 11.8. The molecule has 1 saturated heterocycles. The highest BCUT2D eigenvalue weighted by atomic mass is 16.6. The lowest BCUT2D eigenvalue weighted by atomic mass is 9.94. The number of rotatable bonds is 6. The van der Waals surface area contributed by atoms with Crippen molar-refractivity contribution in [2.75, 3.05) is 19.6 Å². The number of carbonyl (C=O) groups excluding carboxylic acids is 1. The summed E-state index contributed by atoms with van der Waals surface area (Å²) < 4.78 is 0. The zero-order chi connectivity index (χ0) is 18.0. The summed E-state index contributed by atoms with van der Waals surface area (Å²) in [7, 11) is 0. The maximum atomic E-state index is 12.4. The summed E-state index contributed by atoms with van der Waals surface area (Å²) in [5.41, 5.74) is 0.270. The van der Waals surface area contributed by atoms with E-state index >= 15 is 0 Å². The van der Waals surface area contributed by atoms with Gasteiger partial charge in [0.05, 0.1) is 10.5 Å². The molecule has 25 heavy (non-hydrogen) atoms. The lowest BCUT2D eigenvalue weighted by Crippen LogP contribution is -2.50. The van der Waals surface area contributed by atoms with Gasteiger partial charge >= 0.3 is 6.03 Å². The number of nitro groups is 1. The van der Waals surface area contributed by atoms with Crippen LogP contribution in [0.4, 0.5) is 10.5 Å². The molecule has 0 aromatic heterocycles. The van der Waals surface area contributed by atoms with Crippen molar-refractivity contribution in [3.63, 3.8) is 0 Å². The van der Waals surface area contributed by atoms with E-state index in [1.54, 1.807) is 12.1 Å². The summed E-state index contributed by atoms with van der Waals surface area (Å²) in [5, 5.41) is 16.8. The minimum atomic E-state index is -0.606. The van der Waals surface area contributed by atoms with Gasteiger partial charge < -0.3 is 15.5 Å². The number of amides is 2. The summed E-state index contributed by atoms with van der Waals surface area (Å²) in [5.74, 6) is 0.869. The number of hydrogen-bond donors (Lipinski definition) is 2. The van der Waals surface area contributed by atoms with Crippen LogP contribution in [0, 0.1) is 16.0 Å². The Morgan fingerprint density at radius 1 is 1.28 bits per heavy atom. The summed E-state index contributed by atoms with van der Waals surface area (Å²) in [6.07, 6.45) is 3.68. The summed E-state index contributed by atoms with van der Waals surface area (Å²) in [4.78, 5) is 25.1. The van der Waals surface area contributed by atoms with Gasteiger partial charge in [0.1, 0.15) is 0 Å². The number of likely N-dealkylation sites (tertiary alicyclic amines) is 1. The quantitative estimate of drug-likeness (QED) is 0.612. The number of benzene rings is 1. The number of urea groups is 1. The lowest BCUT2D eigenvalue weighted by molar-refractivity contribution is -0.384. The SMILES string of the molecule is CC(C)(NC(=O)N[C@H]1CCN(CC2CC2)C1)c1ccc([N+](=O)[O-])cc1. The molecular weight excluding hydrogens is 320 g/mol. The van der Waals surface area contributed by atoms with E-state index in [9.17, 15) is 14.9 Å². The van der Waals surface area contributed by atoms with Gasteiger partial charge in [-0.3, -0.25) is 10.1 Å². The van der Waals surface area contributed by atoms with Crippen molar-refractivity contribution in [2.45, 2.75) is 44.7 Å². The van der Waals surface area contributed by atoms with Gasteiger partial charge in [-0.05, 0) is 56.7 Å². The molecule has 2 amide bonds. The van der Waals surface area contributed by atoms with Crippen molar-refractivity contribution in [3.05, 3.63) is 39.9 Å². The average Bonchev–Trinajstić information content (AvgIpc) is 3.25. The summed E-state index contributed by atoms with van der Waals surface area (Å²) in [6.45, 7) is 6.91. The van der Waals surface area contributed by atoms with Crippen LogP contribution in [0.5, 0.6) is 0 Å². The van der Waals surface area contributed by atoms with E-state index in [0.717, 1.165) is 37.5 Å². The molecule has 1 heterocycles. The fourth-order valence-corrected chi connectivity index (χ4v) is 3.36. The first kappa shape index (κ1) is 17.7. The van der Waals surface area contributed by atoms with E-state index in [1.165, 1.54) is 25.0 Å². The minimum Gasteiger partial charge on any atom is -0.334 e. The molecule has 0 spiro atoms. The fourth-order valence-electron chi connectivity index (χ4n) is 3.36. The van der Waals surface area contributed by atoms with E-state index in [1.807, 2.05) is 13.8 Å². The normalized spacial score (nSPS) is 21.1. The maximum absolute atomic E-state index is 12.4. The van der Waals surface area contributed by atoms with Crippen molar-refractivity contribution in [3.8, 4) is 0 Å². The number of carbonyl (C=O) groups is 1. The molecule has 0 bridgehead atoms. The topological polar surface area (TPSA) is 87.5 Å². The molecule has 7 heteroatoms. The molecule has 1 aliphatic heterocycles. The second-order valence-corrected chi connectivity index (χ2v) is 7.72. The number of nitrogens with zero attached hydrogens (tertiary/aromatic N) is 2. The predicted octanol–water partition coefficient (Wildman–Crippen LogP) is 2.61. The van der Waals surface area contributed by atoms with Crippen LogP contribution < -0.4 is 10.6 Å².